The van der Waals surface area contributed by atoms with E-state index in [9.17, 15) is 44.1 Å². The SMILES string of the molecule is C.CCOC(=O)CCCN1c2cc(O)c(C(=O)c3ccccc3C(=O)O)cc2C(C)CC1(C)C.CCOC(=O)CCCN1c2cc(O)ccc2C(C)CC1(C)C.O=C1OC(=O)c2ccccc21. The molecule has 4 aromatic carbocycles. The molecule has 0 spiro atoms. The smallest absolute Gasteiger partial charge is 0.346 e. The molecule has 0 bridgehead atoms. The van der Waals surface area contributed by atoms with Gasteiger partial charge in [-0.1, -0.05) is 57.7 Å². The standard InChI is InChI=1S/C26H31NO6.C18H27NO3.C8H4O3.CH4/c1-5-33-23(29)11-8-12-27-21-14-22(28)20(13-19(21)16(2)15-26(27,3)4)24(30)17-9-6-7-10-18(17)25(31)32;1-5-22-17(21)7-6-10-19-16-11-14(20)8-9-15(16)13(2)12-18(19,3)4;9-7-5-3-1-2-4-6(5)8(10)11-7;/h6-7,9-10,13-14,16,28H,5,8,11-12,15H2,1-4H3,(H,31,32);8-9,11,13,20H,5-7,10,12H2,1-4H3;1-4H;1H4. The zero-order valence-corrected chi connectivity index (χ0v) is 39.1. The minimum absolute atomic E-state index is 0. The lowest BCUT2D eigenvalue weighted by molar-refractivity contribution is -0.144. The summed E-state index contributed by atoms with van der Waals surface area (Å²) in [5, 5.41) is 30.1. The highest BCUT2D eigenvalue weighted by molar-refractivity contribution is 6.16. The Labute approximate surface area is 393 Å². The number of carbonyl (C=O) groups excluding carboxylic acids is 5. The van der Waals surface area contributed by atoms with Gasteiger partial charge in [-0.2, -0.15) is 0 Å². The summed E-state index contributed by atoms with van der Waals surface area (Å²) in [5.74, 6) is -2.51. The summed E-state index contributed by atoms with van der Waals surface area (Å²) in [7, 11) is 0. The number of carboxylic acids is 1. The largest absolute Gasteiger partial charge is 0.508 e. The van der Waals surface area contributed by atoms with Crippen molar-refractivity contribution in [2.75, 3.05) is 36.1 Å². The highest BCUT2D eigenvalue weighted by Gasteiger charge is 2.38. The molecule has 0 fully saturated rings. The quantitative estimate of drug-likeness (QED) is 0.0495. The van der Waals surface area contributed by atoms with Crippen molar-refractivity contribution in [1.29, 1.82) is 0 Å². The number of benzene rings is 4. The molecule has 67 heavy (non-hydrogen) atoms. The number of phenolic OH excluding ortho intramolecular Hbond substituents is 2. The first-order valence-electron chi connectivity index (χ1n) is 22.5. The van der Waals surface area contributed by atoms with Crippen LogP contribution in [0, 0.1) is 0 Å². The number of nitrogens with zero attached hydrogens (tertiary/aromatic N) is 2. The van der Waals surface area contributed by atoms with Gasteiger partial charge in [-0.15, -0.1) is 0 Å². The fourth-order valence-corrected chi connectivity index (χ4v) is 9.30. The lowest BCUT2D eigenvalue weighted by Gasteiger charge is -2.48. The Morgan fingerprint density at radius 3 is 1.61 bits per heavy atom. The van der Waals surface area contributed by atoms with E-state index in [0.29, 0.717) is 61.8 Å². The number of cyclic esters (lactones) is 2. The minimum atomic E-state index is -1.20. The van der Waals surface area contributed by atoms with E-state index in [1.807, 2.05) is 19.1 Å². The average Bonchev–Trinajstić information content (AvgIpc) is 3.55. The maximum absolute atomic E-state index is 13.2. The molecule has 0 amide bonds. The van der Waals surface area contributed by atoms with Crippen LogP contribution in [-0.4, -0.2) is 88.3 Å². The molecular weight excluding hydrogens is 857 g/mol. The Kier molecular flexibility index (Phi) is 17.9. The lowest BCUT2D eigenvalue weighted by atomic mass is 9.78. The first-order chi connectivity index (χ1) is 31.2. The van der Waals surface area contributed by atoms with Crippen LogP contribution in [0.25, 0.3) is 0 Å². The van der Waals surface area contributed by atoms with Crippen molar-refractivity contribution in [3.8, 4) is 11.5 Å². The van der Waals surface area contributed by atoms with Crippen molar-refractivity contribution in [3.63, 3.8) is 0 Å². The summed E-state index contributed by atoms with van der Waals surface area (Å²) >= 11 is 0. The molecule has 3 N–H and O–H groups in total. The van der Waals surface area contributed by atoms with E-state index in [4.69, 9.17) is 9.47 Å². The van der Waals surface area contributed by atoms with Crippen LogP contribution in [0.5, 0.6) is 11.5 Å². The third-order valence-corrected chi connectivity index (χ3v) is 12.2. The van der Waals surface area contributed by atoms with Crippen LogP contribution in [0.15, 0.2) is 78.9 Å². The van der Waals surface area contributed by atoms with Crippen molar-refractivity contribution in [2.45, 2.75) is 124 Å². The summed E-state index contributed by atoms with van der Waals surface area (Å²) in [4.78, 5) is 74.2. The zero-order chi connectivity index (χ0) is 48.5. The highest BCUT2D eigenvalue weighted by Crippen LogP contribution is 2.47. The van der Waals surface area contributed by atoms with E-state index < -0.39 is 23.7 Å². The predicted octanol–water partition coefficient (Wildman–Crippen LogP) is 10.2. The molecule has 3 heterocycles. The molecule has 4 aromatic rings. The summed E-state index contributed by atoms with van der Waals surface area (Å²) in [6, 6.07) is 21.4. The first kappa shape index (κ1) is 52.9. The molecule has 0 aliphatic carbocycles. The maximum atomic E-state index is 13.2. The molecule has 2 unspecified atom stereocenters. The second-order valence-corrected chi connectivity index (χ2v) is 18.0. The Morgan fingerprint density at radius 1 is 0.657 bits per heavy atom. The number of anilines is 2. The molecule has 0 radical (unpaired) electrons. The van der Waals surface area contributed by atoms with Crippen molar-refractivity contribution in [2.24, 2.45) is 0 Å². The van der Waals surface area contributed by atoms with Crippen LogP contribution in [0.1, 0.15) is 171 Å². The molecule has 14 heteroatoms. The number of phenols is 2. The summed E-state index contributed by atoms with van der Waals surface area (Å²) in [6.45, 7) is 18.8. The number of hydrogen-bond acceptors (Lipinski definition) is 13. The fraction of sp³-hybridized carbons (Fsp3) is 0.434. The van der Waals surface area contributed by atoms with Gasteiger partial charge < -0.3 is 39.3 Å². The van der Waals surface area contributed by atoms with Gasteiger partial charge in [0.15, 0.2) is 5.78 Å². The second-order valence-electron chi connectivity index (χ2n) is 18.0. The third-order valence-electron chi connectivity index (χ3n) is 12.2. The van der Waals surface area contributed by atoms with Crippen LogP contribution < -0.4 is 9.80 Å². The topological polar surface area (TPSA) is 197 Å². The van der Waals surface area contributed by atoms with E-state index in [1.54, 1.807) is 61.5 Å². The molecule has 3 aliphatic rings. The Morgan fingerprint density at radius 2 is 1.12 bits per heavy atom. The van der Waals surface area contributed by atoms with Gasteiger partial charge in [0.2, 0.25) is 0 Å². The van der Waals surface area contributed by atoms with E-state index in [2.05, 4.69) is 56.1 Å². The van der Waals surface area contributed by atoms with Crippen LogP contribution in [0.3, 0.4) is 0 Å². The molecule has 14 nitrogen and oxygen atoms in total. The molecular formula is C53H66N2O12. The molecule has 0 saturated carbocycles. The van der Waals surface area contributed by atoms with Crippen molar-refractivity contribution >= 4 is 47.0 Å². The van der Waals surface area contributed by atoms with Crippen molar-refractivity contribution in [3.05, 3.63) is 118 Å². The summed E-state index contributed by atoms with van der Waals surface area (Å²) in [6.07, 6.45) is 3.98. The number of esters is 4. The van der Waals surface area contributed by atoms with Gasteiger partial charge in [0.05, 0.1) is 35.5 Å². The molecule has 0 saturated heterocycles. The van der Waals surface area contributed by atoms with E-state index in [0.717, 1.165) is 42.7 Å². The number of rotatable bonds is 13. The van der Waals surface area contributed by atoms with Crippen LogP contribution in [0.2, 0.25) is 0 Å². The van der Waals surface area contributed by atoms with Gasteiger partial charge in [-0.25, -0.2) is 14.4 Å². The average molecular weight is 923 g/mol. The van der Waals surface area contributed by atoms with Gasteiger partial charge in [-0.3, -0.25) is 14.4 Å². The van der Waals surface area contributed by atoms with Crippen LogP contribution in [0.4, 0.5) is 11.4 Å². The number of carbonyl (C=O) groups is 6. The Balaban J connectivity index is 0.000000246. The third kappa shape index (κ3) is 12.6. The van der Waals surface area contributed by atoms with Gasteiger partial charge in [-0.05, 0) is 121 Å². The number of carboxylic acid groups (broad SMARTS) is 1. The lowest BCUT2D eigenvalue weighted by Crippen LogP contribution is -2.49. The number of aromatic hydroxyl groups is 2. The number of ketones is 1. The van der Waals surface area contributed by atoms with Crippen LogP contribution in [-0.2, 0) is 23.8 Å². The molecule has 0 aromatic heterocycles. The zero-order valence-electron chi connectivity index (χ0n) is 39.1. The highest BCUT2D eigenvalue weighted by atomic mass is 16.6. The Hall–Kier alpha value is -6.70. The second kappa shape index (κ2) is 22.7. The van der Waals surface area contributed by atoms with Crippen molar-refractivity contribution in [1.82, 2.24) is 0 Å². The summed E-state index contributed by atoms with van der Waals surface area (Å²) in [5.41, 5.74) is 4.63. The first-order valence-corrected chi connectivity index (χ1v) is 22.5. The number of aromatic carboxylic acids is 1. The molecule has 3 aliphatic heterocycles. The van der Waals surface area contributed by atoms with Gasteiger partial charge >= 0.3 is 29.8 Å². The molecule has 7 rings (SSSR count). The van der Waals surface area contributed by atoms with E-state index in [1.165, 1.54) is 17.7 Å². The van der Waals surface area contributed by atoms with Crippen LogP contribution >= 0.6 is 0 Å². The van der Waals surface area contributed by atoms with Crippen molar-refractivity contribution < 1.29 is 58.3 Å². The molecule has 2 atom stereocenters. The minimum Gasteiger partial charge on any atom is -0.508 e. The predicted molar refractivity (Wildman–Crippen MR) is 257 cm³/mol. The normalized spacial score (nSPS) is 17.1. The number of ether oxygens (including phenoxy) is 3. The van der Waals surface area contributed by atoms with Gasteiger partial charge in [0.1, 0.15) is 11.5 Å². The van der Waals surface area contributed by atoms with E-state index >= 15 is 0 Å². The number of hydrogen-bond donors (Lipinski definition) is 3. The van der Waals surface area contributed by atoms with E-state index in [-0.39, 0.29) is 58.8 Å². The summed E-state index contributed by atoms with van der Waals surface area (Å²) < 4.78 is 14.4. The number of fused-ring (bicyclic) bond motifs is 3. The monoisotopic (exact) mass is 922 g/mol. The molecule has 360 valence electrons. The van der Waals surface area contributed by atoms with Gasteiger partial charge in [0.25, 0.3) is 0 Å². The van der Waals surface area contributed by atoms with Gasteiger partial charge in [0, 0.05) is 66.1 Å². The fourth-order valence-electron chi connectivity index (χ4n) is 9.30. The maximum Gasteiger partial charge on any atom is 0.346 e. The Bertz CT molecular complexity index is 2420.